The molecule has 0 fully saturated rings. The molecule has 0 spiro atoms. The van der Waals surface area contributed by atoms with Crippen LogP contribution in [-0.2, 0) is 19.1 Å². The van der Waals surface area contributed by atoms with E-state index in [1.54, 1.807) is 25.1 Å². The molecule has 1 unspecified atom stereocenters. The van der Waals surface area contributed by atoms with Crippen molar-refractivity contribution in [2.45, 2.75) is 26.7 Å². The van der Waals surface area contributed by atoms with E-state index >= 15 is 0 Å². The molecule has 0 aliphatic heterocycles. The monoisotopic (exact) mass is 349 g/mol. The smallest absolute Gasteiger partial charge is 0.550 e. The minimum Gasteiger partial charge on any atom is -0.550 e. The van der Waals surface area contributed by atoms with Crippen molar-refractivity contribution in [3.8, 4) is 0 Å². The zero-order chi connectivity index (χ0) is 16.7. The number of aryl methyl sites for hydroxylation is 1. The first kappa shape index (κ1) is 21.9. The molecule has 8 heteroatoms. The van der Waals surface area contributed by atoms with E-state index < -0.39 is 30.2 Å². The van der Waals surface area contributed by atoms with E-state index in [1.165, 1.54) is 0 Å². The van der Waals surface area contributed by atoms with Gasteiger partial charge < -0.3 is 20.0 Å². The number of carbonyl (C=O) groups excluding carboxylic acids is 3. The summed E-state index contributed by atoms with van der Waals surface area (Å²) in [5.41, 5.74) is 1.33. The fraction of sp³-hybridized carbons (Fsp3) is 0.400. The van der Waals surface area contributed by atoms with E-state index in [4.69, 9.17) is 16.3 Å². The molecule has 120 valence electrons. The Balaban J connectivity index is 0.00000484. The van der Waals surface area contributed by atoms with Gasteiger partial charge in [0.2, 0.25) is 5.91 Å². The maximum Gasteiger partial charge on any atom is 1.00 e. The third-order valence-corrected chi connectivity index (χ3v) is 3.33. The largest absolute Gasteiger partial charge is 1.00 e. The summed E-state index contributed by atoms with van der Waals surface area (Å²) in [7, 11) is 0. The van der Waals surface area contributed by atoms with Gasteiger partial charge in [-0.1, -0.05) is 17.7 Å². The zero-order valence-corrected chi connectivity index (χ0v) is 16.1. The first-order valence-corrected chi connectivity index (χ1v) is 7.13. The number of benzene rings is 1. The molecule has 1 aromatic rings. The fourth-order valence-electron chi connectivity index (χ4n) is 1.81. The Morgan fingerprint density at radius 1 is 1.30 bits per heavy atom. The van der Waals surface area contributed by atoms with Crippen LogP contribution in [0.3, 0.4) is 0 Å². The SMILES string of the molecule is CCOC(=O)C(CC(=O)[O-])CC(=O)Nc1ccc(C)c(Cl)c1.[Na+]. The summed E-state index contributed by atoms with van der Waals surface area (Å²) in [6.07, 6.45) is -0.876. The van der Waals surface area contributed by atoms with E-state index in [0.717, 1.165) is 5.56 Å². The van der Waals surface area contributed by atoms with Crippen molar-refractivity contribution in [1.29, 1.82) is 0 Å². The summed E-state index contributed by atoms with van der Waals surface area (Å²) < 4.78 is 4.76. The molecule has 1 amide bonds. The van der Waals surface area contributed by atoms with Crippen LogP contribution in [-0.4, -0.2) is 24.5 Å². The van der Waals surface area contributed by atoms with Gasteiger partial charge >= 0.3 is 35.5 Å². The number of anilines is 1. The van der Waals surface area contributed by atoms with Gasteiger partial charge in [-0.25, -0.2) is 0 Å². The van der Waals surface area contributed by atoms with Crippen LogP contribution in [0.1, 0.15) is 25.3 Å². The number of carboxylic acid groups (broad SMARTS) is 1. The van der Waals surface area contributed by atoms with Gasteiger partial charge in [0.05, 0.1) is 12.5 Å². The number of aliphatic carboxylic acids is 1. The molecular weight excluding hydrogens is 333 g/mol. The molecule has 23 heavy (non-hydrogen) atoms. The number of ether oxygens (including phenoxy) is 1. The first-order chi connectivity index (χ1) is 10.3. The molecule has 0 radical (unpaired) electrons. The fourth-order valence-corrected chi connectivity index (χ4v) is 1.99. The number of nitrogens with one attached hydrogen (secondary N) is 1. The van der Waals surface area contributed by atoms with Crippen molar-refractivity contribution >= 4 is 35.1 Å². The maximum atomic E-state index is 11.9. The number of hydrogen-bond acceptors (Lipinski definition) is 5. The molecule has 0 aliphatic carbocycles. The molecule has 0 heterocycles. The van der Waals surface area contributed by atoms with Crippen LogP contribution in [0.4, 0.5) is 5.69 Å². The van der Waals surface area contributed by atoms with E-state index in [-0.39, 0.29) is 42.6 Å². The summed E-state index contributed by atoms with van der Waals surface area (Å²) in [6, 6.07) is 4.98. The number of hydrogen-bond donors (Lipinski definition) is 1. The number of halogens is 1. The Kier molecular flexibility index (Phi) is 10.1. The second kappa shape index (κ2) is 10.6. The second-order valence-electron chi connectivity index (χ2n) is 4.74. The molecule has 1 N–H and O–H groups in total. The van der Waals surface area contributed by atoms with Crippen LogP contribution < -0.4 is 40.0 Å². The minimum absolute atomic E-state index is 0. The molecule has 0 aliphatic rings. The van der Waals surface area contributed by atoms with Gasteiger partial charge in [-0.2, -0.15) is 0 Å². The predicted octanol–water partition coefficient (Wildman–Crippen LogP) is -1.70. The molecule has 1 aromatic carbocycles. The number of amides is 1. The summed E-state index contributed by atoms with van der Waals surface area (Å²) in [6.45, 7) is 3.53. The summed E-state index contributed by atoms with van der Waals surface area (Å²) in [5.74, 6) is -3.72. The van der Waals surface area contributed by atoms with Crippen LogP contribution in [0.25, 0.3) is 0 Å². The van der Waals surface area contributed by atoms with Gasteiger partial charge in [-0.15, -0.1) is 0 Å². The molecule has 0 saturated carbocycles. The Bertz CT molecular complexity index is 579. The zero-order valence-electron chi connectivity index (χ0n) is 13.3. The van der Waals surface area contributed by atoms with Crippen LogP contribution >= 0.6 is 11.6 Å². The standard InChI is InChI=1S/C15H18ClNO5.Na/c1-3-22-15(21)10(7-14(19)20)6-13(18)17-11-5-4-9(2)12(16)8-11;/h4-5,8,10H,3,6-7H2,1-2H3,(H,17,18)(H,19,20);/q;+1/p-1. The molecule has 1 atom stereocenters. The number of carbonyl (C=O) groups is 3. The molecule has 1 rings (SSSR count). The van der Waals surface area contributed by atoms with Gasteiger partial charge in [0.25, 0.3) is 0 Å². The quantitative estimate of drug-likeness (QED) is 0.468. The average Bonchev–Trinajstić information content (AvgIpc) is 2.42. The van der Waals surface area contributed by atoms with E-state index in [2.05, 4.69) is 5.32 Å². The second-order valence-corrected chi connectivity index (χ2v) is 5.15. The Labute approximate surface area is 161 Å². The third-order valence-electron chi connectivity index (χ3n) is 2.92. The maximum absolute atomic E-state index is 11.9. The molecule has 0 saturated heterocycles. The van der Waals surface area contributed by atoms with Crippen molar-refractivity contribution in [2.75, 3.05) is 11.9 Å². The molecular formula is C15H17ClNNaO5. The van der Waals surface area contributed by atoms with E-state index in [0.29, 0.717) is 10.7 Å². The van der Waals surface area contributed by atoms with Gasteiger partial charge in [0.15, 0.2) is 0 Å². The van der Waals surface area contributed by atoms with Gasteiger partial charge in [0, 0.05) is 29.5 Å². The van der Waals surface area contributed by atoms with Gasteiger partial charge in [-0.3, -0.25) is 9.59 Å². The Morgan fingerprint density at radius 3 is 2.48 bits per heavy atom. The van der Waals surface area contributed by atoms with Gasteiger partial charge in [0.1, 0.15) is 0 Å². The van der Waals surface area contributed by atoms with Crippen LogP contribution in [0.2, 0.25) is 5.02 Å². The number of esters is 1. The Hall–Kier alpha value is -1.08. The number of rotatable bonds is 7. The topological polar surface area (TPSA) is 95.5 Å². The summed E-state index contributed by atoms with van der Waals surface area (Å²) in [5, 5.41) is 13.7. The molecule has 6 nitrogen and oxygen atoms in total. The first-order valence-electron chi connectivity index (χ1n) is 6.76. The van der Waals surface area contributed by atoms with Crippen LogP contribution in [0.15, 0.2) is 18.2 Å². The minimum atomic E-state index is -1.41. The van der Waals surface area contributed by atoms with Gasteiger partial charge in [-0.05, 0) is 31.5 Å². The van der Waals surface area contributed by atoms with Crippen LogP contribution in [0, 0.1) is 12.8 Å². The third kappa shape index (κ3) is 7.83. The molecule has 0 aromatic heterocycles. The van der Waals surface area contributed by atoms with Crippen molar-refractivity contribution in [2.24, 2.45) is 5.92 Å². The normalized spacial score (nSPS) is 11.1. The van der Waals surface area contributed by atoms with Crippen LogP contribution in [0.5, 0.6) is 0 Å². The van der Waals surface area contributed by atoms with Crippen molar-refractivity contribution < 1.29 is 53.8 Å². The predicted molar refractivity (Wildman–Crippen MR) is 79.2 cm³/mol. The van der Waals surface area contributed by atoms with Crippen molar-refractivity contribution in [3.05, 3.63) is 28.8 Å². The summed E-state index contributed by atoms with van der Waals surface area (Å²) >= 11 is 5.95. The average molecular weight is 350 g/mol. The van der Waals surface area contributed by atoms with E-state index in [1.807, 2.05) is 6.92 Å². The summed E-state index contributed by atoms with van der Waals surface area (Å²) in [4.78, 5) is 34.3. The number of carboxylic acids is 1. The van der Waals surface area contributed by atoms with Crippen molar-refractivity contribution in [1.82, 2.24) is 0 Å². The van der Waals surface area contributed by atoms with E-state index in [9.17, 15) is 19.5 Å². The van der Waals surface area contributed by atoms with Crippen molar-refractivity contribution in [3.63, 3.8) is 0 Å². The Morgan fingerprint density at radius 2 is 1.96 bits per heavy atom. The molecule has 0 bridgehead atoms.